The highest BCUT2D eigenvalue weighted by Gasteiger charge is 2.02. The van der Waals surface area contributed by atoms with Crippen LogP contribution in [0.5, 0.6) is 0 Å². The van der Waals surface area contributed by atoms with Crippen molar-refractivity contribution < 1.29 is 0 Å². The van der Waals surface area contributed by atoms with Crippen LogP contribution in [-0.2, 0) is 6.42 Å². The molecule has 2 heterocycles. The van der Waals surface area contributed by atoms with Crippen molar-refractivity contribution in [1.82, 2.24) is 9.36 Å². The molecule has 2 aromatic rings. The minimum atomic E-state index is 0.381. The first-order valence-electron chi connectivity index (χ1n) is 3.45. The molecule has 2 rings (SSSR count). The van der Waals surface area contributed by atoms with Crippen LogP contribution in [0.2, 0.25) is 0 Å². The number of nitrogen functional groups attached to an aromatic ring is 1. The van der Waals surface area contributed by atoms with Gasteiger partial charge < -0.3 is 5.73 Å². The van der Waals surface area contributed by atoms with Crippen molar-refractivity contribution in [3.8, 4) is 0 Å². The summed E-state index contributed by atoms with van der Waals surface area (Å²) < 4.78 is 3.91. The topological polar surface area (TPSA) is 51.8 Å². The van der Waals surface area contributed by atoms with Crippen LogP contribution >= 0.6 is 22.9 Å². The second-order valence-corrected chi connectivity index (χ2v) is 4.17. The Balaban J connectivity index is 2.14. The van der Waals surface area contributed by atoms with E-state index in [9.17, 15) is 0 Å². The van der Waals surface area contributed by atoms with Gasteiger partial charge in [0.1, 0.15) is 5.01 Å². The van der Waals surface area contributed by atoms with Crippen molar-refractivity contribution in [2.24, 2.45) is 0 Å². The molecule has 0 saturated carbocycles. The molecule has 2 N–H and O–H groups in total. The summed E-state index contributed by atoms with van der Waals surface area (Å²) in [6, 6.07) is 4.12. The third-order valence-electron chi connectivity index (χ3n) is 1.39. The normalized spacial score (nSPS) is 10.3. The fourth-order valence-electron chi connectivity index (χ4n) is 0.902. The average molecular weight is 197 g/mol. The molecule has 0 aliphatic carbocycles. The van der Waals surface area contributed by atoms with Gasteiger partial charge in [0.15, 0.2) is 0 Å². The van der Waals surface area contributed by atoms with Gasteiger partial charge in [0.2, 0.25) is 5.95 Å². The average Bonchev–Trinajstić information content (AvgIpc) is 2.63. The van der Waals surface area contributed by atoms with Crippen molar-refractivity contribution in [1.29, 1.82) is 0 Å². The third kappa shape index (κ3) is 1.62. The Morgan fingerprint density at radius 2 is 2.42 bits per heavy atom. The molecule has 0 spiro atoms. The van der Waals surface area contributed by atoms with E-state index in [1.54, 1.807) is 11.3 Å². The third-order valence-corrected chi connectivity index (χ3v) is 2.99. The minimum Gasteiger partial charge on any atom is -0.367 e. The summed E-state index contributed by atoms with van der Waals surface area (Å²) in [6.45, 7) is 0. The first kappa shape index (κ1) is 7.70. The predicted molar refractivity (Wildman–Crippen MR) is 51.4 cm³/mol. The van der Waals surface area contributed by atoms with Gasteiger partial charge in [0, 0.05) is 11.3 Å². The molecule has 12 heavy (non-hydrogen) atoms. The van der Waals surface area contributed by atoms with Gasteiger partial charge >= 0.3 is 0 Å². The van der Waals surface area contributed by atoms with Crippen LogP contribution in [-0.4, -0.2) is 9.36 Å². The van der Waals surface area contributed by atoms with Gasteiger partial charge in [-0.2, -0.15) is 4.37 Å². The van der Waals surface area contributed by atoms with Crippen LogP contribution in [0.1, 0.15) is 9.88 Å². The minimum absolute atomic E-state index is 0.381. The van der Waals surface area contributed by atoms with Gasteiger partial charge in [-0.25, -0.2) is 4.98 Å². The van der Waals surface area contributed by atoms with Crippen molar-refractivity contribution in [3.63, 3.8) is 0 Å². The first-order chi connectivity index (χ1) is 5.84. The van der Waals surface area contributed by atoms with Gasteiger partial charge in [-0.3, -0.25) is 0 Å². The first-order valence-corrected chi connectivity index (χ1v) is 5.10. The Hall–Kier alpha value is -0.940. The molecule has 0 radical (unpaired) electrons. The van der Waals surface area contributed by atoms with Crippen LogP contribution in [0, 0.1) is 0 Å². The van der Waals surface area contributed by atoms with Crippen molar-refractivity contribution in [2.75, 3.05) is 5.73 Å². The molecular weight excluding hydrogens is 190 g/mol. The molecule has 0 aliphatic heterocycles. The zero-order valence-electron chi connectivity index (χ0n) is 6.23. The van der Waals surface area contributed by atoms with E-state index < -0.39 is 0 Å². The Morgan fingerprint density at radius 1 is 1.50 bits per heavy atom. The highest BCUT2D eigenvalue weighted by atomic mass is 32.1. The summed E-state index contributed by atoms with van der Waals surface area (Å²) in [7, 11) is 0. The lowest BCUT2D eigenvalue weighted by molar-refractivity contribution is 1.16. The zero-order valence-corrected chi connectivity index (χ0v) is 7.86. The molecule has 62 valence electrons. The number of anilines is 1. The van der Waals surface area contributed by atoms with Gasteiger partial charge in [-0.05, 0) is 23.0 Å². The number of hydrogen-bond acceptors (Lipinski definition) is 5. The molecule has 2 aromatic heterocycles. The summed E-state index contributed by atoms with van der Waals surface area (Å²) >= 11 is 3.09. The number of rotatable bonds is 2. The number of aromatic nitrogens is 2. The maximum absolute atomic E-state index is 5.40. The summed E-state index contributed by atoms with van der Waals surface area (Å²) in [6.07, 6.45) is 0.854. The lowest BCUT2D eigenvalue weighted by atomic mass is 10.4. The molecule has 0 aromatic carbocycles. The Kier molecular flexibility index (Phi) is 2.05. The van der Waals surface area contributed by atoms with Crippen LogP contribution in [0.15, 0.2) is 17.5 Å². The molecule has 0 amide bonds. The van der Waals surface area contributed by atoms with Gasteiger partial charge in [0.25, 0.3) is 0 Å². The molecule has 0 unspecified atom stereocenters. The smallest absolute Gasteiger partial charge is 0.232 e. The van der Waals surface area contributed by atoms with E-state index in [1.807, 2.05) is 6.07 Å². The zero-order chi connectivity index (χ0) is 8.39. The Bertz CT molecular complexity index is 352. The number of thiophene rings is 1. The van der Waals surface area contributed by atoms with Crippen LogP contribution in [0.25, 0.3) is 0 Å². The van der Waals surface area contributed by atoms with E-state index in [1.165, 1.54) is 16.4 Å². The molecule has 5 heteroatoms. The van der Waals surface area contributed by atoms with Crippen molar-refractivity contribution in [2.45, 2.75) is 6.42 Å². The van der Waals surface area contributed by atoms with Gasteiger partial charge in [-0.15, -0.1) is 11.3 Å². The molecule has 0 fully saturated rings. The predicted octanol–water partition coefficient (Wildman–Crippen LogP) is 1.77. The van der Waals surface area contributed by atoms with Crippen LogP contribution < -0.4 is 5.73 Å². The maximum Gasteiger partial charge on any atom is 0.232 e. The standard InChI is InChI=1S/C7H7N3S2/c8-7-9-6(12-10-7)4-5-2-1-3-11-5/h1-3H,4H2,(H2,8,10). The summed E-state index contributed by atoms with van der Waals surface area (Å²) in [5.41, 5.74) is 5.40. The summed E-state index contributed by atoms with van der Waals surface area (Å²) in [5, 5.41) is 3.04. The summed E-state index contributed by atoms with van der Waals surface area (Å²) in [4.78, 5) is 5.37. The van der Waals surface area contributed by atoms with E-state index in [2.05, 4.69) is 20.8 Å². The summed E-state index contributed by atoms with van der Waals surface area (Å²) in [5.74, 6) is 0.381. The number of hydrogen-bond donors (Lipinski definition) is 1. The van der Waals surface area contributed by atoms with Crippen molar-refractivity contribution >= 4 is 28.8 Å². The van der Waals surface area contributed by atoms with E-state index in [4.69, 9.17) is 5.73 Å². The van der Waals surface area contributed by atoms with E-state index in [-0.39, 0.29) is 0 Å². The monoisotopic (exact) mass is 197 g/mol. The largest absolute Gasteiger partial charge is 0.367 e. The highest BCUT2D eigenvalue weighted by Crippen LogP contribution is 2.16. The molecule has 0 bridgehead atoms. The second-order valence-electron chi connectivity index (χ2n) is 2.30. The quantitative estimate of drug-likeness (QED) is 0.798. The van der Waals surface area contributed by atoms with Crippen LogP contribution in [0.4, 0.5) is 5.95 Å². The van der Waals surface area contributed by atoms with Crippen molar-refractivity contribution in [3.05, 3.63) is 27.4 Å². The van der Waals surface area contributed by atoms with E-state index >= 15 is 0 Å². The molecular formula is C7H7N3S2. The molecule has 0 aliphatic rings. The highest BCUT2D eigenvalue weighted by molar-refractivity contribution is 7.10. The van der Waals surface area contributed by atoms with E-state index in [0.717, 1.165) is 11.4 Å². The van der Waals surface area contributed by atoms with Gasteiger partial charge in [-0.1, -0.05) is 6.07 Å². The molecule has 0 atom stereocenters. The maximum atomic E-state index is 5.40. The Morgan fingerprint density at radius 3 is 3.00 bits per heavy atom. The van der Waals surface area contributed by atoms with Crippen LogP contribution in [0.3, 0.4) is 0 Å². The van der Waals surface area contributed by atoms with Gasteiger partial charge in [0.05, 0.1) is 0 Å². The number of nitrogens with zero attached hydrogens (tertiary/aromatic N) is 2. The lowest BCUT2D eigenvalue weighted by Crippen LogP contribution is -1.87. The number of nitrogens with two attached hydrogens (primary N) is 1. The SMILES string of the molecule is Nc1nsc(Cc2cccs2)n1. The lowest BCUT2D eigenvalue weighted by Gasteiger charge is -1.87. The van der Waals surface area contributed by atoms with E-state index in [0.29, 0.717) is 5.95 Å². The second kappa shape index (κ2) is 3.20. The fraction of sp³-hybridized carbons (Fsp3) is 0.143. The fourth-order valence-corrected chi connectivity index (χ4v) is 2.30. The molecule has 0 saturated heterocycles. The Labute approximate surface area is 78.1 Å². The molecule has 3 nitrogen and oxygen atoms in total.